The topological polar surface area (TPSA) is 96.8 Å². The number of carbonyl (C=O) groups excluding carboxylic acids is 1. The third-order valence-corrected chi connectivity index (χ3v) is 4.25. The molecular weight excluding hydrogens is 360 g/mol. The van der Waals surface area contributed by atoms with Crippen LogP contribution in [-0.4, -0.2) is 47.0 Å². The van der Waals surface area contributed by atoms with E-state index in [2.05, 4.69) is 33.7 Å². The van der Waals surface area contributed by atoms with E-state index in [0.717, 1.165) is 17.9 Å². The molecule has 2 aromatic rings. The van der Waals surface area contributed by atoms with Gasteiger partial charge >= 0.3 is 6.09 Å². The van der Waals surface area contributed by atoms with Crippen LogP contribution in [0, 0.1) is 0 Å². The molecule has 1 aromatic carbocycles. The summed E-state index contributed by atoms with van der Waals surface area (Å²) in [4.78, 5) is 22.9. The Kier molecular flexibility index (Phi) is 6.23. The van der Waals surface area contributed by atoms with Crippen LogP contribution in [0.4, 0.5) is 16.3 Å². The summed E-state index contributed by atoms with van der Waals surface area (Å²) in [6.45, 7) is 9.03. The van der Waals surface area contributed by atoms with Gasteiger partial charge in [0.1, 0.15) is 5.82 Å². The minimum Gasteiger partial charge on any atom is -0.416 e. The van der Waals surface area contributed by atoms with Crippen molar-refractivity contribution in [2.24, 2.45) is 0 Å². The Balaban J connectivity index is 1.83. The fraction of sp³-hybridized carbons (Fsp3) is 0.350. The molecule has 148 valence electrons. The minimum atomic E-state index is -0.595. The highest BCUT2D eigenvalue weighted by Gasteiger charge is 2.21. The first-order valence-electron chi connectivity index (χ1n) is 9.04. The van der Waals surface area contributed by atoms with Gasteiger partial charge in [-0.05, 0) is 38.1 Å². The van der Waals surface area contributed by atoms with Crippen LogP contribution in [0.25, 0.3) is 11.4 Å². The zero-order valence-electron chi connectivity index (χ0n) is 16.0. The van der Waals surface area contributed by atoms with E-state index in [-0.39, 0.29) is 12.6 Å². The van der Waals surface area contributed by atoms with E-state index in [1.807, 2.05) is 0 Å². The summed E-state index contributed by atoms with van der Waals surface area (Å²) in [5.74, 6) is 1.58. The molecule has 3 rings (SSSR count). The Labute approximate surface area is 163 Å². The number of hydrogen-bond acceptors (Lipinski definition) is 7. The number of benzene rings is 1. The Morgan fingerprint density at radius 2 is 2.14 bits per heavy atom. The molecule has 0 unspecified atom stereocenters. The van der Waals surface area contributed by atoms with Crippen LogP contribution >= 0.6 is 0 Å². The Morgan fingerprint density at radius 3 is 2.79 bits per heavy atom. The minimum absolute atomic E-state index is 0.173. The monoisotopic (exact) mass is 384 g/mol. The molecule has 1 aliphatic heterocycles. The van der Waals surface area contributed by atoms with Crippen molar-refractivity contribution >= 4 is 17.6 Å². The number of carbonyl (C=O) groups is 1. The molecule has 8 nitrogen and oxygen atoms in total. The Bertz CT molecular complexity index is 854. The number of nitrogens with one attached hydrogen (secondary N) is 1. The number of amides is 1. The van der Waals surface area contributed by atoms with Crippen molar-refractivity contribution in [2.75, 3.05) is 30.0 Å². The van der Waals surface area contributed by atoms with E-state index >= 15 is 0 Å². The van der Waals surface area contributed by atoms with Gasteiger partial charge in [0.2, 0.25) is 0 Å². The standard InChI is InChI=1S/C20H24N4O4/c1-13(2)28-20(26)22-16-6-4-15(5-7-16)19-21-17(11-25)10-18(23-19)24-8-9-27-12-14(24)3/h4-7,10,14,25H,1,8-9,11-12H2,2-3H3,(H,22,26)/t14-/m0/s1. The molecule has 2 heterocycles. The zero-order chi connectivity index (χ0) is 20.1. The van der Waals surface area contributed by atoms with E-state index in [4.69, 9.17) is 9.47 Å². The molecule has 1 fully saturated rings. The number of allylic oxidation sites excluding steroid dienone is 1. The van der Waals surface area contributed by atoms with Crippen LogP contribution in [0.2, 0.25) is 0 Å². The molecule has 0 aliphatic carbocycles. The molecule has 1 saturated heterocycles. The average Bonchev–Trinajstić information content (AvgIpc) is 2.68. The fourth-order valence-corrected chi connectivity index (χ4v) is 2.91. The normalized spacial score (nSPS) is 16.5. The van der Waals surface area contributed by atoms with Gasteiger partial charge in [-0.3, -0.25) is 5.32 Å². The second-order valence-electron chi connectivity index (χ2n) is 6.61. The van der Waals surface area contributed by atoms with Gasteiger partial charge in [0, 0.05) is 23.9 Å². The smallest absolute Gasteiger partial charge is 0.416 e. The lowest BCUT2D eigenvalue weighted by molar-refractivity contribution is 0.0985. The maximum Gasteiger partial charge on any atom is 0.416 e. The summed E-state index contributed by atoms with van der Waals surface area (Å²) < 4.78 is 10.4. The van der Waals surface area contributed by atoms with Crippen LogP contribution in [0.3, 0.4) is 0 Å². The first-order chi connectivity index (χ1) is 13.5. The number of ether oxygens (including phenoxy) is 2. The van der Waals surface area contributed by atoms with Crippen molar-refractivity contribution < 1.29 is 19.4 Å². The van der Waals surface area contributed by atoms with Crippen molar-refractivity contribution in [1.82, 2.24) is 9.97 Å². The Morgan fingerprint density at radius 1 is 1.39 bits per heavy atom. The van der Waals surface area contributed by atoms with Crippen molar-refractivity contribution in [2.45, 2.75) is 26.5 Å². The first-order valence-corrected chi connectivity index (χ1v) is 9.04. The summed E-state index contributed by atoms with van der Waals surface area (Å²) in [5.41, 5.74) is 1.90. The Hall–Kier alpha value is -2.97. The number of aliphatic hydroxyl groups is 1. The van der Waals surface area contributed by atoms with Gasteiger partial charge in [0.05, 0.1) is 37.3 Å². The summed E-state index contributed by atoms with van der Waals surface area (Å²) >= 11 is 0. The number of nitrogens with zero attached hydrogens (tertiary/aromatic N) is 3. The third-order valence-electron chi connectivity index (χ3n) is 4.25. The SMILES string of the molecule is C=C(C)OC(=O)Nc1ccc(-c2nc(CO)cc(N3CCOC[C@@H]3C)n2)cc1. The number of anilines is 2. The molecule has 0 saturated carbocycles. The van der Waals surface area contributed by atoms with Gasteiger partial charge in [-0.2, -0.15) is 0 Å². The summed E-state index contributed by atoms with van der Waals surface area (Å²) in [6, 6.07) is 9.07. The lowest BCUT2D eigenvalue weighted by Gasteiger charge is -2.34. The molecule has 1 amide bonds. The lowest BCUT2D eigenvalue weighted by Crippen LogP contribution is -2.44. The number of aliphatic hydroxyl groups excluding tert-OH is 1. The highest BCUT2D eigenvalue weighted by atomic mass is 16.6. The quantitative estimate of drug-likeness (QED) is 0.765. The van der Waals surface area contributed by atoms with Gasteiger partial charge in [-0.1, -0.05) is 6.58 Å². The van der Waals surface area contributed by atoms with Crippen LogP contribution in [0.15, 0.2) is 42.7 Å². The van der Waals surface area contributed by atoms with E-state index in [1.54, 1.807) is 37.3 Å². The van der Waals surface area contributed by atoms with Gasteiger partial charge in [0.15, 0.2) is 5.82 Å². The molecule has 2 N–H and O–H groups in total. The summed E-state index contributed by atoms with van der Waals surface area (Å²) in [5, 5.41) is 12.2. The molecule has 1 aromatic heterocycles. The van der Waals surface area contributed by atoms with Gasteiger partial charge < -0.3 is 19.5 Å². The average molecular weight is 384 g/mol. The maximum atomic E-state index is 11.6. The predicted molar refractivity (Wildman–Crippen MR) is 106 cm³/mol. The number of morpholine rings is 1. The molecule has 28 heavy (non-hydrogen) atoms. The summed E-state index contributed by atoms with van der Waals surface area (Å²) in [6.07, 6.45) is -0.595. The van der Waals surface area contributed by atoms with Crippen molar-refractivity contribution in [3.05, 3.63) is 48.4 Å². The second-order valence-corrected chi connectivity index (χ2v) is 6.61. The van der Waals surface area contributed by atoms with E-state index in [1.165, 1.54) is 0 Å². The second kappa shape index (κ2) is 8.81. The van der Waals surface area contributed by atoms with Gasteiger partial charge in [-0.25, -0.2) is 14.8 Å². The largest absolute Gasteiger partial charge is 0.416 e. The van der Waals surface area contributed by atoms with Crippen LogP contribution in [0.1, 0.15) is 19.5 Å². The molecule has 1 atom stereocenters. The van der Waals surface area contributed by atoms with Crippen LogP contribution < -0.4 is 10.2 Å². The molecule has 0 bridgehead atoms. The van der Waals surface area contributed by atoms with Crippen LogP contribution in [-0.2, 0) is 16.1 Å². The van der Waals surface area contributed by atoms with E-state index in [9.17, 15) is 9.90 Å². The highest BCUT2D eigenvalue weighted by Crippen LogP contribution is 2.24. The first kappa shape index (κ1) is 19.8. The fourth-order valence-electron chi connectivity index (χ4n) is 2.91. The number of hydrogen-bond donors (Lipinski definition) is 2. The van der Waals surface area contributed by atoms with E-state index < -0.39 is 6.09 Å². The number of aromatic nitrogens is 2. The molecule has 0 spiro atoms. The third kappa shape index (κ3) is 4.85. The molecule has 8 heteroatoms. The van der Waals surface area contributed by atoms with Gasteiger partial charge in [0.25, 0.3) is 0 Å². The van der Waals surface area contributed by atoms with E-state index in [0.29, 0.717) is 36.2 Å². The van der Waals surface area contributed by atoms with Gasteiger partial charge in [-0.15, -0.1) is 0 Å². The van der Waals surface area contributed by atoms with Crippen molar-refractivity contribution in [1.29, 1.82) is 0 Å². The van der Waals surface area contributed by atoms with Crippen LogP contribution in [0.5, 0.6) is 0 Å². The zero-order valence-corrected chi connectivity index (χ0v) is 16.0. The van der Waals surface area contributed by atoms with Crippen molar-refractivity contribution in [3.8, 4) is 11.4 Å². The predicted octanol–water partition coefficient (Wildman–Crippen LogP) is 2.94. The summed E-state index contributed by atoms with van der Waals surface area (Å²) in [7, 11) is 0. The maximum absolute atomic E-state index is 11.6. The molecular formula is C20H24N4O4. The number of rotatable bonds is 5. The lowest BCUT2D eigenvalue weighted by atomic mass is 10.2. The highest BCUT2D eigenvalue weighted by molar-refractivity contribution is 5.85. The molecule has 1 aliphatic rings. The molecule has 0 radical (unpaired) electrons. The van der Waals surface area contributed by atoms with Crippen molar-refractivity contribution in [3.63, 3.8) is 0 Å².